The predicted molar refractivity (Wildman–Crippen MR) is 43.3 cm³/mol. The zero-order valence-electron chi connectivity index (χ0n) is 17.0. The first-order valence-electron chi connectivity index (χ1n) is 8.67. The Morgan fingerprint density at radius 1 is 1.64 bits per heavy atom. The van der Waals surface area contributed by atoms with E-state index >= 15 is 0 Å². The van der Waals surface area contributed by atoms with Crippen LogP contribution in [0.3, 0.4) is 0 Å². The Balaban J connectivity index is 3.73. The van der Waals surface area contributed by atoms with Gasteiger partial charge in [-0.15, -0.1) is 0 Å². The second-order valence-electron chi connectivity index (χ2n) is 1.78. The Morgan fingerprint density at radius 2 is 2.27 bits per heavy atom. The van der Waals surface area contributed by atoms with Gasteiger partial charge in [-0.3, -0.25) is 4.79 Å². The molecule has 0 amide bonds. The van der Waals surface area contributed by atoms with Gasteiger partial charge < -0.3 is 4.74 Å². The van der Waals surface area contributed by atoms with E-state index in [9.17, 15) is 4.79 Å². The highest BCUT2D eigenvalue weighted by molar-refractivity contribution is 5.69. The summed E-state index contributed by atoms with van der Waals surface area (Å²) in [7, 11) is 0. The molecule has 1 saturated carbocycles. The average molecular weight is 167 g/mol. The van der Waals surface area contributed by atoms with E-state index in [-0.39, 0.29) is 6.42 Å². The van der Waals surface area contributed by atoms with Crippen LogP contribution >= 0.6 is 0 Å². The molecule has 0 bridgehead atoms. The Labute approximate surface area is 83.4 Å². The summed E-state index contributed by atoms with van der Waals surface area (Å²) in [4.78, 5) is 11.4. The van der Waals surface area contributed by atoms with Gasteiger partial charge in [-0.2, -0.15) is 0 Å². The van der Waals surface area contributed by atoms with E-state index in [2.05, 4.69) is 4.74 Å². The molecule has 1 rings (SSSR count). The number of hydrogen-bond donors (Lipinski definition) is 0. The molecular formula is C9H16O2. The van der Waals surface area contributed by atoms with Crippen molar-refractivity contribution in [2.45, 2.75) is 51.3 Å². The fraction of sp³-hybridized carbons (Fsp3) is 0.889. The molecule has 0 atom stereocenters. The molecule has 0 heterocycles. The lowest BCUT2D eigenvalue weighted by molar-refractivity contribution is -0.150. The van der Waals surface area contributed by atoms with Crippen LogP contribution in [0.15, 0.2) is 0 Å². The van der Waals surface area contributed by atoms with Gasteiger partial charge in [0.1, 0.15) is 6.08 Å². The van der Waals surface area contributed by atoms with E-state index in [0.29, 0.717) is 0 Å². The average Bonchev–Trinajstić information content (AvgIpc) is 2.35. The molecule has 0 spiro atoms. The van der Waals surface area contributed by atoms with Gasteiger partial charge >= 0.3 is 5.97 Å². The van der Waals surface area contributed by atoms with Gasteiger partial charge in [-0.05, 0) is 25.5 Å². The highest BCUT2D eigenvalue weighted by Gasteiger charge is 2.16. The van der Waals surface area contributed by atoms with Crippen LogP contribution < -0.4 is 0 Å². The number of esters is 1. The Morgan fingerprint density at radius 3 is 2.82 bits per heavy atom. The molecule has 0 aromatic rings. The van der Waals surface area contributed by atoms with Crippen molar-refractivity contribution in [2.24, 2.45) is 0 Å². The lowest BCUT2D eigenvalue weighted by Gasteiger charge is -2.21. The van der Waals surface area contributed by atoms with E-state index in [1.807, 2.05) is 0 Å². The molecule has 1 aliphatic carbocycles. The molecule has 0 radical (unpaired) electrons. The molecule has 1 aliphatic rings. The largest absolute Gasteiger partial charge is 0.462 e. The van der Waals surface area contributed by atoms with E-state index in [1.165, 1.54) is 6.92 Å². The van der Waals surface area contributed by atoms with Crippen LogP contribution in [0.1, 0.15) is 60.3 Å². The second kappa shape index (κ2) is 4.37. The molecule has 2 heteroatoms. The van der Waals surface area contributed by atoms with Gasteiger partial charge in [-0.1, -0.05) is 13.3 Å². The van der Waals surface area contributed by atoms with E-state index in [4.69, 9.17) is 15.1 Å². The van der Waals surface area contributed by atoms with Crippen molar-refractivity contribution in [3.05, 3.63) is 0 Å². The molecule has 0 aliphatic heterocycles. The van der Waals surface area contributed by atoms with Gasteiger partial charge in [0.25, 0.3) is 0 Å². The Kier molecular flexibility index (Phi) is 0.809. The van der Waals surface area contributed by atoms with Crippen molar-refractivity contribution in [2.75, 3.05) is 0 Å². The topological polar surface area (TPSA) is 26.3 Å². The molecule has 0 aromatic carbocycles. The van der Waals surface area contributed by atoms with Crippen molar-refractivity contribution in [1.29, 1.82) is 0 Å². The number of ether oxygens (including phenoxy) is 1. The van der Waals surface area contributed by atoms with Crippen molar-refractivity contribution < 1.29 is 24.6 Å². The van der Waals surface area contributed by atoms with E-state index in [1.54, 1.807) is 0 Å². The van der Waals surface area contributed by atoms with Gasteiger partial charge in [0.2, 0.25) is 0 Å². The summed E-state index contributed by atoms with van der Waals surface area (Å²) >= 11 is 0. The van der Waals surface area contributed by atoms with Crippen LogP contribution in [0.5, 0.6) is 0 Å². The molecule has 11 heavy (non-hydrogen) atoms. The Hall–Kier alpha value is -0.530. The molecule has 0 unspecified atom stereocenters. The summed E-state index contributed by atoms with van der Waals surface area (Å²) in [6, 6.07) is 0. The maximum Gasteiger partial charge on any atom is 0.305 e. The van der Waals surface area contributed by atoms with Gasteiger partial charge in [0.15, 0.2) is 0 Å². The highest BCUT2D eigenvalue weighted by Crippen LogP contribution is 2.20. The van der Waals surface area contributed by atoms with Crippen molar-refractivity contribution >= 4 is 5.97 Å². The molecular weight excluding hydrogens is 140 g/mol. The fourth-order valence-electron chi connectivity index (χ4n) is 0.476. The molecule has 2 nitrogen and oxygen atoms in total. The molecule has 0 N–H and O–H groups in total. The zero-order chi connectivity index (χ0) is 18.0. The van der Waals surface area contributed by atoms with Gasteiger partial charge in [-0.25, -0.2) is 0 Å². The van der Waals surface area contributed by atoms with Crippen LogP contribution in [0.2, 0.25) is 0 Å². The first-order valence-corrected chi connectivity index (χ1v) is 3.17. The summed E-state index contributed by atoms with van der Waals surface area (Å²) in [5.74, 6) is -1.23. The summed E-state index contributed by atoms with van der Waals surface area (Å²) in [5, 5.41) is 0. The van der Waals surface area contributed by atoms with Gasteiger partial charge in [0, 0.05) is 20.1 Å². The molecule has 0 saturated heterocycles. The fourth-order valence-corrected chi connectivity index (χ4v) is 0.476. The summed E-state index contributed by atoms with van der Waals surface area (Å²) in [5.41, 5.74) is 0. The van der Waals surface area contributed by atoms with Crippen LogP contribution in [-0.2, 0) is 9.53 Å². The third-order valence-electron chi connectivity index (χ3n) is 0.982. The third-order valence-corrected chi connectivity index (χ3v) is 0.982. The lowest BCUT2D eigenvalue weighted by Crippen LogP contribution is -2.20. The van der Waals surface area contributed by atoms with Crippen molar-refractivity contribution in [3.63, 3.8) is 0 Å². The van der Waals surface area contributed by atoms with Crippen LogP contribution in [0.25, 0.3) is 0 Å². The second-order valence-corrected chi connectivity index (χ2v) is 1.78. The van der Waals surface area contributed by atoms with E-state index < -0.39 is 43.9 Å². The first-order chi connectivity index (χ1) is 9.45. The maximum atomic E-state index is 11.4. The van der Waals surface area contributed by atoms with Crippen LogP contribution in [-0.4, -0.2) is 12.0 Å². The predicted octanol–water partition coefficient (Wildman–Crippen LogP) is 2.27. The van der Waals surface area contributed by atoms with Crippen molar-refractivity contribution in [1.82, 2.24) is 0 Å². The van der Waals surface area contributed by atoms with Crippen molar-refractivity contribution in [3.8, 4) is 0 Å². The van der Waals surface area contributed by atoms with E-state index in [0.717, 1.165) is 0 Å². The number of carbonyl (C=O) groups is 1. The SMILES string of the molecule is [2H]C1([2H])C([2H])([2H])C([2H])([2H])C([2H])(OC(=O)CC)C([2H])([2H])C1([2H])[2H]. The number of rotatable bonds is 2. The lowest BCUT2D eigenvalue weighted by atomic mass is 9.98. The monoisotopic (exact) mass is 167 g/mol. The quantitative estimate of drug-likeness (QED) is 0.590. The zero-order valence-corrected chi connectivity index (χ0v) is 6.02. The summed E-state index contributed by atoms with van der Waals surface area (Å²) in [6.07, 6.45) is -22.2. The third kappa shape index (κ3) is 2.91. The van der Waals surface area contributed by atoms with Crippen LogP contribution in [0.4, 0.5) is 0 Å². The first kappa shape index (κ1) is 2.04. The number of carbonyl (C=O) groups excluding carboxylic acids is 1. The Bertz CT molecular complexity index is 454. The molecule has 0 aromatic heterocycles. The molecule has 1 fully saturated rings. The normalized spacial score (nSPS) is 60.3. The minimum Gasteiger partial charge on any atom is -0.462 e. The minimum atomic E-state index is -3.65. The van der Waals surface area contributed by atoms with Crippen LogP contribution in [0, 0.1) is 0 Å². The van der Waals surface area contributed by atoms with Gasteiger partial charge in [0.05, 0.1) is 1.37 Å². The highest BCUT2D eigenvalue weighted by atomic mass is 16.5. The maximum absolute atomic E-state index is 11.4. The molecule has 64 valence electrons. The number of hydrogen-bond acceptors (Lipinski definition) is 2. The summed E-state index contributed by atoms with van der Waals surface area (Å²) in [6.45, 7) is 1.28. The summed E-state index contributed by atoms with van der Waals surface area (Å²) < 4.78 is 88.8. The standard InChI is InChI=1S/C9H16O2/c1-2-9(10)11-8-6-4-3-5-7-8/h8H,2-7H2,1H3/i3D2,4D2,5D2,6D2,7D2,8D. The minimum absolute atomic E-state index is 0.369. The smallest absolute Gasteiger partial charge is 0.305 e.